The van der Waals surface area contributed by atoms with Crippen LogP contribution >= 0.6 is 0 Å². The summed E-state index contributed by atoms with van der Waals surface area (Å²) in [5, 5.41) is 21.8. The summed E-state index contributed by atoms with van der Waals surface area (Å²) in [4.78, 5) is 11.2. The van der Waals surface area contributed by atoms with Gasteiger partial charge in [-0.1, -0.05) is 5.92 Å². The Labute approximate surface area is 111 Å². The average molecular weight is 273 g/mol. The van der Waals surface area contributed by atoms with Crippen molar-refractivity contribution in [2.45, 2.75) is 37.6 Å². The van der Waals surface area contributed by atoms with E-state index < -0.39 is 37.3 Å². The molecule has 1 amide bonds. The van der Waals surface area contributed by atoms with Crippen LogP contribution < -0.4 is 5.32 Å². The van der Waals surface area contributed by atoms with E-state index in [4.69, 9.17) is 25.7 Å². The van der Waals surface area contributed by atoms with Gasteiger partial charge in [0.2, 0.25) is 5.91 Å². The third kappa shape index (κ3) is 3.89. The van der Waals surface area contributed by atoms with Crippen molar-refractivity contribution in [3.63, 3.8) is 0 Å². The molecule has 0 aromatic carbocycles. The second-order valence-electron chi connectivity index (χ2n) is 4.16. The standard InChI is InChI=1S/C12H19NO6/c1-4-5-18-12-9(13-7(2)15)11(17-3)10(16)8(6-14)19-12/h1,8-12,14,16H,5-6H2,2-3H3,(H,13,15)/t8-,9+,10-,11-,12-/m1/s1. The van der Waals surface area contributed by atoms with Gasteiger partial charge in [-0.15, -0.1) is 6.42 Å². The molecule has 19 heavy (non-hydrogen) atoms. The van der Waals surface area contributed by atoms with Gasteiger partial charge in [0.1, 0.15) is 31.0 Å². The highest BCUT2D eigenvalue weighted by Gasteiger charge is 2.46. The number of ether oxygens (including phenoxy) is 3. The molecule has 1 heterocycles. The highest BCUT2D eigenvalue weighted by atomic mass is 16.7. The van der Waals surface area contributed by atoms with Crippen LogP contribution in [-0.2, 0) is 19.0 Å². The number of terminal acetylenes is 1. The lowest BCUT2D eigenvalue weighted by molar-refractivity contribution is -0.270. The molecule has 108 valence electrons. The minimum absolute atomic E-state index is 0.0224. The number of carbonyl (C=O) groups excluding carboxylic acids is 1. The van der Waals surface area contributed by atoms with Gasteiger partial charge < -0.3 is 29.7 Å². The fourth-order valence-corrected chi connectivity index (χ4v) is 2.01. The first-order chi connectivity index (χ1) is 9.04. The van der Waals surface area contributed by atoms with Crippen LogP contribution in [0.2, 0.25) is 0 Å². The van der Waals surface area contributed by atoms with E-state index in [1.54, 1.807) is 0 Å². The number of hydrogen-bond donors (Lipinski definition) is 3. The van der Waals surface area contributed by atoms with Crippen LogP contribution in [0.5, 0.6) is 0 Å². The summed E-state index contributed by atoms with van der Waals surface area (Å²) in [6, 6.07) is -0.714. The van der Waals surface area contributed by atoms with E-state index in [-0.39, 0.29) is 12.5 Å². The molecular weight excluding hydrogens is 254 g/mol. The molecule has 0 bridgehead atoms. The number of amides is 1. The number of rotatable bonds is 5. The van der Waals surface area contributed by atoms with Crippen molar-refractivity contribution in [1.82, 2.24) is 5.32 Å². The lowest BCUT2D eigenvalue weighted by Crippen LogP contribution is -2.65. The van der Waals surface area contributed by atoms with Gasteiger partial charge in [-0.05, 0) is 0 Å². The average Bonchev–Trinajstić information content (AvgIpc) is 2.37. The van der Waals surface area contributed by atoms with Crippen molar-refractivity contribution < 1.29 is 29.2 Å². The molecule has 1 aliphatic rings. The Morgan fingerprint density at radius 3 is 2.74 bits per heavy atom. The lowest BCUT2D eigenvalue weighted by Gasteiger charge is -2.43. The molecule has 5 atom stereocenters. The number of hydrogen-bond acceptors (Lipinski definition) is 6. The second kappa shape index (κ2) is 7.43. The maximum Gasteiger partial charge on any atom is 0.217 e. The summed E-state index contributed by atoms with van der Waals surface area (Å²) in [6.45, 7) is 0.907. The van der Waals surface area contributed by atoms with Crippen molar-refractivity contribution in [2.24, 2.45) is 0 Å². The molecule has 0 aromatic heterocycles. The Morgan fingerprint density at radius 2 is 2.26 bits per heavy atom. The Morgan fingerprint density at radius 1 is 1.58 bits per heavy atom. The molecule has 1 rings (SSSR count). The SMILES string of the molecule is C#CCO[C@@H]1O[C@H](CO)[C@@H](O)[C@H](OC)[C@@H]1NC(C)=O. The first-order valence-corrected chi connectivity index (χ1v) is 5.84. The molecule has 7 nitrogen and oxygen atoms in total. The van der Waals surface area contributed by atoms with Crippen molar-refractivity contribution >= 4 is 5.91 Å². The number of methoxy groups -OCH3 is 1. The van der Waals surface area contributed by atoms with Crippen LogP contribution in [-0.4, -0.2) is 67.1 Å². The molecule has 3 N–H and O–H groups in total. The second-order valence-corrected chi connectivity index (χ2v) is 4.16. The topological polar surface area (TPSA) is 97.2 Å². The number of nitrogens with one attached hydrogen (secondary N) is 1. The molecule has 1 fully saturated rings. The quantitative estimate of drug-likeness (QED) is 0.513. The van der Waals surface area contributed by atoms with E-state index in [0.717, 1.165) is 0 Å². The molecule has 1 aliphatic heterocycles. The summed E-state index contributed by atoms with van der Waals surface area (Å²) in [6.07, 6.45) is 1.49. The van der Waals surface area contributed by atoms with E-state index in [0.29, 0.717) is 0 Å². The molecular formula is C12H19NO6. The summed E-state index contributed by atoms with van der Waals surface area (Å²) >= 11 is 0. The van der Waals surface area contributed by atoms with Crippen molar-refractivity contribution in [3.8, 4) is 12.3 Å². The van der Waals surface area contributed by atoms with Crippen LogP contribution in [0.4, 0.5) is 0 Å². The zero-order valence-electron chi connectivity index (χ0n) is 10.9. The third-order valence-electron chi connectivity index (χ3n) is 2.83. The predicted molar refractivity (Wildman–Crippen MR) is 64.9 cm³/mol. The van der Waals surface area contributed by atoms with Crippen LogP contribution in [0.3, 0.4) is 0 Å². The van der Waals surface area contributed by atoms with Gasteiger partial charge in [0.25, 0.3) is 0 Å². The third-order valence-corrected chi connectivity index (χ3v) is 2.83. The predicted octanol–water partition coefficient (Wildman–Crippen LogP) is -1.77. The Hall–Kier alpha value is -1.17. The molecule has 0 saturated carbocycles. The highest BCUT2D eigenvalue weighted by Crippen LogP contribution is 2.24. The molecule has 0 radical (unpaired) electrons. The molecule has 1 saturated heterocycles. The molecule has 7 heteroatoms. The molecule has 0 spiro atoms. The molecule has 0 aliphatic carbocycles. The van der Waals surface area contributed by atoms with Crippen molar-refractivity contribution in [3.05, 3.63) is 0 Å². The van der Waals surface area contributed by atoms with Gasteiger partial charge in [-0.2, -0.15) is 0 Å². The van der Waals surface area contributed by atoms with Crippen molar-refractivity contribution in [2.75, 3.05) is 20.3 Å². The van der Waals surface area contributed by atoms with Gasteiger partial charge in [0.15, 0.2) is 6.29 Å². The first-order valence-electron chi connectivity index (χ1n) is 5.84. The van der Waals surface area contributed by atoms with Gasteiger partial charge in [-0.25, -0.2) is 0 Å². The van der Waals surface area contributed by atoms with Gasteiger partial charge in [-0.3, -0.25) is 4.79 Å². The molecule has 0 aromatic rings. The first kappa shape index (κ1) is 15.9. The van der Waals surface area contributed by atoms with Crippen molar-refractivity contribution in [1.29, 1.82) is 0 Å². The van der Waals surface area contributed by atoms with Crippen LogP contribution in [0.1, 0.15) is 6.92 Å². The fraction of sp³-hybridized carbons (Fsp3) is 0.750. The lowest BCUT2D eigenvalue weighted by atomic mass is 9.96. The summed E-state index contributed by atoms with van der Waals surface area (Å²) in [5.41, 5.74) is 0. The molecule has 0 unspecified atom stereocenters. The minimum atomic E-state index is -1.09. The number of aliphatic hydroxyl groups is 2. The van der Waals surface area contributed by atoms with E-state index in [9.17, 15) is 9.90 Å². The normalized spacial score (nSPS) is 34.6. The Bertz CT molecular complexity index is 342. The zero-order valence-corrected chi connectivity index (χ0v) is 10.9. The van der Waals surface area contributed by atoms with Gasteiger partial charge >= 0.3 is 0 Å². The van der Waals surface area contributed by atoms with Crippen LogP contribution in [0.15, 0.2) is 0 Å². The van der Waals surface area contributed by atoms with E-state index in [1.807, 2.05) is 0 Å². The Kier molecular flexibility index (Phi) is 6.21. The Balaban J connectivity index is 2.88. The smallest absolute Gasteiger partial charge is 0.217 e. The van der Waals surface area contributed by atoms with Crippen LogP contribution in [0, 0.1) is 12.3 Å². The zero-order chi connectivity index (χ0) is 14.4. The highest BCUT2D eigenvalue weighted by molar-refractivity contribution is 5.73. The summed E-state index contributed by atoms with van der Waals surface area (Å²) < 4.78 is 15.8. The fourth-order valence-electron chi connectivity index (χ4n) is 2.01. The summed E-state index contributed by atoms with van der Waals surface area (Å²) in [7, 11) is 1.39. The maximum atomic E-state index is 11.2. The van der Waals surface area contributed by atoms with E-state index in [1.165, 1.54) is 14.0 Å². The van der Waals surface area contributed by atoms with Gasteiger partial charge in [0.05, 0.1) is 6.61 Å². The van der Waals surface area contributed by atoms with Gasteiger partial charge in [0, 0.05) is 14.0 Å². The van der Waals surface area contributed by atoms with Crippen LogP contribution in [0.25, 0.3) is 0 Å². The summed E-state index contributed by atoms with van der Waals surface area (Å²) in [5.74, 6) is 1.97. The van der Waals surface area contributed by atoms with E-state index in [2.05, 4.69) is 11.2 Å². The maximum absolute atomic E-state index is 11.2. The van der Waals surface area contributed by atoms with E-state index >= 15 is 0 Å². The number of aliphatic hydroxyl groups excluding tert-OH is 2. The minimum Gasteiger partial charge on any atom is -0.394 e. The number of carbonyl (C=O) groups is 1. The largest absolute Gasteiger partial charge is 0.394 e. The monoisotopic (exact) mass is 273 g/mol.